The molecule has 1 saturated heterocycles. The monoisotopic (exact) mass is 482 g/mol. The summed E-state index contributed by atoms with van der Waals surface area (Å²) in [7, 11) is 0. The second-order valence-corrected chi connectivity index (χ2v) is 9.98. The van der Waals surface area contributed by atoms with E-state index < -0.39 is 16.0 Å². The molecule has 0 spiro atoms. The zero-order chi connectivity index (χ0) is 25.5. The molecule has 2 aliphatic heterocycles. The Bertz CT molecular complexity index is 1160. The van der Waals surface area contributed by atoms with Gasteiger partial charge in [0.25, 0.3) is 11.6 Å². The van der Waals surface area contributed by atoms with Gasteiger partial charge in [0.05, 0.1) is 16.5 Å². The fourth-order valence-electron chi connectivity index (χ4n) is 4.42. The molecule has 10 nitrogen and oxygen atoms in total. The zero-order valence-corrected chi connectivity index (χ0v) is 20.3. The predicted octanol–water partition coefficient (Wildman–Crippen LogP) is 3.80. The number of ether oxygens (including phenoxy) is 1. The maximum atomic E-state index is 12.9. The van der Waals surface area contributed by atoms with Crippen LogP contribution in [0.3, 0.4) is 0 Å². The summed E-state index contributed by atoms with van der Waals surface area (Å²) >= 11 is 0. The summed E-state index contributed by atoms with van der Waals surface area (Å²) in [6, 6.07) is 12.4. The number of carbonyl (C=O) groups is 1. The average molecular weight is 483 g/mol. The number of benzene rings is 2. The van der Waals surface area contributed by atoms with Crippen molar-refractivity contribution >= 4 is 17.4 Å². The molecule has 4 rings (SSSR count). The van der Waals surface area contributed by atoms with Gasteiger partial charge in [-0.05, 0) is 76.9 Å². The number of nitro benzene ring substituents is 1. The third-order valence-electron chi connectivity index (χ3n) is 7.45. The van der Waals surface area contributed by atoms with Crippen molar-refractivity contribution in [1.82, 2.24) is 9.96 Å². The second kappa shape index (κ2) is 8.84. The maximum Gasteiger partial charge on any atom is 0.313 e. The van der Waals surface area contributed by atoms with Gasteiger partial charge in [0.1, 0.15) is 17.9 Å². The van der Waals surface area contributed by atoms with E-state index in [0.29, 0.717) is 30.0 Å². The van der Waals surface area contributed by atoms with Crippen molar-refractivity contribution in [2.45, 2.75) is 57.7 Å². The van der Waals surface area contributed by atoms with Crippen molar-refractivity contribution < 1.29 is 24.4 Å². The Balaban J connectivity index is 1.42. The maximum absolute atomic E-state index is 12.9. The summed E-state index contributed by atoms with van der Waals surface area (Å²) in [6.07, 6.45) is 1.64. The van der Waals surface area contributed by atoms with E-state index in [2.05, 4.69) is 0 Å². The van der Waals surface area contributed by atoms with Gasteiger partial charge in [0, 0.05) is 24.2 Å². The molecule has 0 radical (unpaired) electrons. The molecule has 1 N–H and O–H groups in total. The Morgan fingerprint density at radius 2 is 1.77 bits per heavy atom. The summed E-state index contributed by atoms with van der Waals surface area (Å²) in [5.74, 6) is 0.590. The number of nitro groups is 1. The molecular formula is C25H30N4O6. The molecule has 1 fully saturated rings. The van der Waals surface area contributed by atoms with Crippen molar-refractivity contribution in [3.63, 3.8) is 0 Å². The zero-order valence-electron chi connectivity index (χ0n) is 20.3. The van der Waals surface area contributed by atoms with Crippen molar-refractivity contribution in [3.05, 3.63) is 75.0 Å². The quantitative estimate of drug-likeness (QED) is 0.288. The standard InChI is InChI=1S/C25H30N4O6/c1-24(2)25(3,4)28(32)22(27(24)31)17-9-13-21(14-10-17)35-16-20-6-5-15-26(20)23(30)18-7-11-19(12-8-18)29(33)34/h7-14,20,31H,5-6,15-16H2,1-4H3. The molecule has 1 atom stereocenters. The normalized spacial score (nSPS) is 20.9. The molecule has 2 aliphatic rings. The van der Waals surface area contributed by atoms with Gasteiger partial charge in [-0.2, -0.15) is 0 Å². The Morgan fingerprint density at radius 1 is 1.14 bits per heavy atom. The highest BCUT2D eigenvalue weighted by atomic mass is 16.6. The number of hydrogen-bond donors (Lipinski definition) is 1. The van der Waals surface area contributed by atoms with Crippen molar-refractivity contribution in [3.8, 4) is 5.75 Å². The molecule has 1 unspecified atom stereocenters. The van der Waals surface area contributed by atoms with Gasteiger partial charge in [-0.3, -0.25) is 19.6 Å². The first-order chi connectivity index (χ1) is 16.4. The van der Waals surface area contributed by atoms with Crippen LogP contribution in [0.5, 0.6) is 5.75 Å². The minimum Gasteiger partial charge on any atom is -0.714 e. The van der Waals surface area contributed by atoms with Gasteiger partial charge in [-0.15, -0.1) is 5.06 Å². The van der Waals surface area contributed by atoms with Crippen LogP contribution in [0.4, 0.5) is 5.69 Å². The molecule has 0 bridgehead atoms. The molecule has 186 valence electrons. The van der Waals surface area contributed by atoms with Crippen molar-refractivity contribution in [1.29, 1.82) is 0 Å². The van der Waals surface area contributed by atoms with Crippen LogP contribution in [0.15, 0.2) is 48.5 Å². The Hall–Kier alpha value is -3.66. The molecule has 0 saturated carbocycles. The van der Waals surface area contributed by atoms with E-state index in [4.69, 9.17) is 4.74 Å². The minimum absolute atomic E-state index is 0.0568. The number of amides is 1. The van der Waals surface area contributed by atoms with E-state index in [1.165, 1.54) is 24.3 Å². The highest BCUT2D eigenvalue weighted by Crippen LogP contribution is 2.37. The van der Waals surface area contributed by atoms with Crippen LogP contribution in [0.1, 0.15) is 56.5 Å². The Labute approximate surface area is 203 Å². The first kappa shape index (κ1) is 24.5. The van der Waals surface area contributed by atoms with E-state index in [-0.39, 0.29) is 23.5 Å². The molecule has 2 aromatic carbocycles. The van der Waals surface area contributed by atoms with Gasteiger partial charge in [-0.1, -0.05) is 0 Å². The van der Waals surface area contributed by atoms with E-state index in [1.54, 1.807) is 43.0 Å². The fourth-order valence-corrected chi connectivity index (χ4v) is 4.42. The SMILES string of the molecule is CC1(C)N(O)C(c2ccc(OCC3CCCN3C(=O)c3ccc([N+](=O)[O-])cc3)cc2)=[N+]([O-])C1(C)C. The van der Waals surface area contributed by atoms with Crippen LogP contribution >= 0.6 is 0 Å². The average Bonchev–Trinajstić information content (AvgIpc) is 3.35. The van der Waals surface area contributed by atoms with Crippen molar-refractivity contribution in [2.24, 2.45) is 0 Å². The van der Waals surface area contributed by atoms with Gasteiger partial charge in [0.15, 0.2) is 5.54 Å². The predicted molar refractivity (Wildman–Crippen MR) is 129 cm³/mol. The van der Waals surface area contributed by atoms with Crippen LogP contribution in [-0.2, 0) is 0 Å². The summed E-state index contributed by atoms with van der Waals surface area (Å²) in [5.41, 5.74) is -0.680. The van der Waals surface area contributed by atoms with E-state index >= 15 is 0 Å². The summed E-state index contributed by atoms with van der Waals surface area (Å²) in [5, 5.41) is 35.4. The lowest BCUT2D eigenvalue weighted by atomic mass is 9.84. The third-order valence-corrected chi connectivity index (χ3v) is 7.45. The number of rotatable bonds is 6. The molecule has 2 aromatic rings. The lowest BCUT2D eigenvalue weighted by Gasteiger charge is -2.33. The molecular weight excluding hydrogens is 452 g/mol. The number of non-ortho nitro benzene ring substituents is 1. The van der Waals surface area contributed by atoms with Crippen LogP contribution in [0, 0.1) is 15.3 Å². The summed E-state index contributed by atoms with van der Waals surface area (Å²) in [6.45, 7) is 8.10. The number of likely N-dealkylation sites (tertiary alicyclic amines) is 1. The first-order valence-corrected chi connectivity index (χ1v) is 11.6. The number of hydrogen-bond acceptors (Lipinski definition) is 7. The van der Waals surface area contributed by atoms with E-state index in [1.807, 2.05) is 13.8 Å². The Kier molecular flexibility index (Phi) is 6.18. The van der Waals surface area contributed by atoms with Gasteiger partial charge < -0.3 is 14.8 Å². The van der Waals surface area contributed by atoms with Crippen LogP contribution < -0.4 is 4.74 Å². The van der Waals surface area contributed by atoms with Gasteiger partial charge in [0.2, 0.25) is 0 Å². The largest absolute Gasteiger partial charge is 0.714 e. The third kappa shape index (κ3) is 4.18. The molecule has 2 heterocycles. The van der Waals surface area contributed by atoms with E-state index in [0.717, 1.165) is 22.6 Å². The number of hydroxylamine groups is 3. The molecule has 35 heavy (non-hydrogen) atoms. The summed E-state index contributed by atoms with van der Waals surface area (Å²) < 4.78 is 6.79. The van der Waals surface area contributed by atoms with Crippen molar-refractivity contribution in [2.75, 3.05) is 13.2 Å². The van der Waals surface area contributed by atoms with Crippen LogP contribution in [0.2, 0.25) is 0 Å². The highest BCUT2D eigenvalue weighted by molar-refractivity contribution is 5.96. The minimum atomic E-state index is -0.825. The second-order valence-electron chi connectivity index (χ2n) is 9.98. The molecule has 1 amide bonds. The lowest BCUT2D eigenvalue weighted by molar-refractivity contribution is -0.539. The van der Waals surface area contributed by atoms with Gasteiger partial charge >= 0.3 is 5.84 Å². The first-order valence-electron chi connectivity index (χ1n) is 11.6. The van der Waals surface area contributed by atoms with E-state index in [9.17, 15) is 25.3 Å². The highest BCUT2D eigenvalue weighted by Gasteiger charge is 2.58. The van der Waals surface area contributed by atoms with Crippen LogP contribution in [0.25, 0.3) is 0 Å². The molecule has 0 aliphatic carbocycles. The molecule has 10 heteroatoms. The number of amidine groups is 1. The van der Waals surface area contributed by atoms with Crippen LogP contribution in [-0.4, -0.2) is 66.8 Å². The Morgan fingerprint density at radius 3 is 2.31 bits per heavy atom. The smallest absolute Gasteiger partial charge is 0.313 e. The van der Waals surface area contributed by atoms with Gasteiger partial charge in [-0.25, -0.2) is 5.21 Å². The summed E-state index contributed by atoms with van der Waals surface area (Å²) in [4.78, 5) is 25.0. The topological polar surface area (TPSA) is 122 Å². The number of nitrogens with zero attached hydrogens (tertiary/aromatic N) is 4. The lowest BCUT2D eigenvalue weighted by Crippen LogP contribution is -2.53. The molecule has 0 aromatic heterocycles. The number of carbonyl (C=O) groups excluding carboxylic acids is 1. The fraction of sp³-hybridized carbons (Fsp3) is 0.440.